The molecule has 0 N–H and O–H groups in total. The summed E-state index contributed by atoms with van der Waals surface area (Å²) in [6, 6.07) is 5.37. The van der Waals surface area contributed by atoms with E-state index in [1.54, 1.807) is 6.08 Å². The highest BCUT2D eigenvalue weighted by molar-refractivity contribution is 6.06. The summed E-state index contributed by atoms with van der Waals surface area (Å²) in [6.45, 7) is 8.53. The van der Waals surface area contributed by atoms with Crippen molar-refractivity contribution in [1.82, 2.24) is 0 Å². The molecule has 6 heteroatoms. The highest BCUT2D eigenvalue weighted by Crippen LogP contribution is 2.56. The number of nitro benzene ring substituents is 1. The maximum atomic E-state index is 13.4. The van der Waals surface area contributed by atoms with Gasteiger partial charge < -0.3 is 4.74 Å². The van der Waals surface area contributed by atoms with E-state index in [0.717, 1.165) is 30.4 Å². The number of esters is 1. The van der Waals surface area contributed by atoms with Gasteiger partial charge in [-0.15, -0.1) is 0 Å². The Morgan fingerprint density at radius 2 is 1.91 bits per heavy atom. The molecule has 3 aliphatic rings. The lowest BCUT2D eigenvalue weighted by atomic mass is 9.54. The molecule has 6 nitrogen and oxygen atoms in total. The summed E-state index contributed by atoms with van der Waals surface area (Å²) in [5, 5.41) is 10.9. The maximum Gasteiger partial charge on any atom is 0.338 e. The van der Waals surface area contributed by atoms with Gasteiger partial charge in [-0.25, -0.2) is 4.79 Å². The van der Waals surface area contributed by atoms with E-state index in [2.05, 4.69) is 26.8 Å². The van der Waals surface area contributed by atoms with Crippen molar-refractivity contribution in [2.75, 3.05) is 0 Å². The number of allylic oxidation sites excluding steroid dienone is 5. The Hall–Kier alpha value is -3.02. The van der Waals surface area contributed by atoms with Crippen LogP contribution in [0.25, 0.3) is 0 Å². The summed E-state index contributed by atoms with van der Waals surface area (Å²) in [5.41, 5.74) is 4.13. The van der Waals surface area contributed by atoms with Crippen LogP contribution in [0.1, 0.15) is 63.7 Å². The zero-order valence-corrected chi connectivity index (χ0v) is 19.0. The second-order valence-corrected chi connectivity index (χ2v) is 9.68. The third-order valence-electron chi connectivity index (χ3n) is 7.66. The zero-order chi connectivity index (χ0) is 23.2. The molecule has 0 fully saturated rings. The number of benzene rings is 1. The third-order valence-corrected chi connectivity index (χ3v) is 7.66. The van der Waals surface area contributed by atoms with Crippen LogP contribution in [0.4, 0.5) is 5.69 Å². The number of nitrogens with zero attached hydrogens (tertiary/aromatic N) is 1. The zero-order valence-electron chi connectivity index (χ0n) is 19.0. The number of hydrogen-bond acceptors (Lipinski definition) is 5. The molecule has 0 saturated heterocycles. The highest BCUT2D eigenvalue weighted by Gasteiger charge is 2.50. The standard InChI is InChI=1S/C26H29NO5/c1-15-5-10-20-16(2)11-12-26(4)17(3)14-22(23(24(20)26)21(28)13-15)32-25(29)18-6-8-19(9-7-18)27(30)31/h6-9,11,13,17,20,22H,5,10,12,14H2,1-4H3/b15-13-/t17-,20+,22-,26+/m1/s1. The summed E-state index contributed by atoms with van der Waals surface area (Å²) in [4.78, 5) is 36.8. The van der Waals surface area contributed by atoms with Crippen molar-refractivity contribution >= 4 is 17.4 Å². The minimum absolute atomic E-state index is 0.0588. The summed E-state index contributed by atoms with van der Waals surface area (Å²) in [5.74, 6) is -0.208. The molecule has 168 valence electrons. The fraction of sp³-hybridized carbons (Fsp3) is 0.462. The second kappa shape index (κ2) is 8.15. The summed E-state index contributed by atoms with van der Waals surface area (Å²) >= 11 is 0. The number of carbonyl (C=O) groups excluding carboxylic acids is 2. The van der Waals surface area contributed by atoms with Crippen LogP contribution < -0.4 is 0 Å². The first kappa shape index (κ1) is 22.2. The minimum Gasteiger partial charge on any atom is -0.454 e. The molecule has 0 unspecified atom stereocenters. The maximum absolute atomic E-state index is 13.4. The average Bonchev–Trinajstić information content (AvgIpc) is 2.74. The number of carbonyl (C=O) groups is 2. The van der Waals surface area contributed by atoms with Crippen molar-refractivity contribution in [1.29, 1.82) is 0 Å². The number of nitro groups is 1. The van der Waals surface area contributed by atoms with E-state index in [1.165, 1.54) is 29.8 Å². The monoisotopic (exact) mass is 435 g/mol. The molecular weight excluding hydrogens is 406 g/mol. The van der Waals surface area contributed by atoms with Crippen molar-refractivity contribution in [3.63, 3.8) is 0 Å². The lowest BCUT2D eigenvalue weighted by Crippen LogP contribution is -2.45. The molecule has 32 heavy (non-hydrogen) atoms. The minimum atomic E-state index is -0.626. The first-order valence-electron chi connectivity index (χ1n) is 11.2. The van der Waals surface area contributed by atoms with Crippen molar-refractivity contribution < 1.29 is 19.2 Å². The fourth-order valence-corrected chi connectivity index (χ4v) is 5.52. The van der Waals surface area contributed by atoms with Gasteiger partial charge >= 0.3 is 5.97 Å². The van der Waals surface area contributed by atoms with E-state index < -0.39 is 17.0 Å². The normalized spacial score (nSPS) is 31.5. The third kappa shape index (κ3) is 3.72. The molecule has 0 spiro atoms. The summed E-state index contributed by atoms with van der Waals surface area (Å²) in [6.07, 6.45) is 6.67. The van der Waals surface area contributed by atoms with E-state index in [9.17, 15) is 19.7 Å². The second-order valence-electron chi connectivity index (χ2n) is 9.68. The predicted octanol–water partition coefficient (Wildman–Crippen LogP) is 5.74. The number of rotatable bonds is 3. The predicted molar refractivity (Wildman–Crippen MR) is 121 cm³/mol. The van der Waals surface area contributed by atoms with Gasteiger partial charge in [0.15, 0.2) is 5.78 Å². The highest BCUT2D eigenvalue weighted by atomic mass is 16.6. The van der Waals surface area contributed by atoms with Crippen LogP contribution in [-0.4, -0.2) is 22.8 Å². The van der Waals surface area contributed by atoms with Crippen LogP contribution in [-0.2, 0) is 9.53 Å². The van der Waals surface area contributed by atoms with Crippen LogP contribution in [0, 0.1) is 27.4 Å². The summed E-state index contributed by atoms with van der Waals surface area (Å²) < 4.78 is 5.93. The van der Waals surface area contributed by atoms with Crippen molar-refractivity contribution in [3.05, 3.63) is 74.4 Å². The van der Waals surface area contributed by atoms with Gasteiger partial charge in [0, 0.05) is 23.6 Å². The molecule has 0 aromatic heterocycles. The van der Waals surface area contributed by atoms with Crippen LogP contribution in [0.3, 0.4) is 0 Å². The van der Waals surface area contributed by atoms with E-state index >= 15 is 0 Å². The van der Waals surface area contributed by atoms with Crippen molar-refractivity contribution in [2.24, 2.45) is 17.3 Å². The molecule has 1 aromatic rings. The van der Waals surface area contributed by atoms with Gasteiger partial charge in [-0.1, -0.05) is 31.1 Å². The van der Waals surface area contributed by atoms with Gasteiger partial charge in [0.25, 0.3) is 5.69 Å². The average molecular weight is 436 g/mol. The van der Waals surface area contributed by atoms with E-state index in [4.69, 9.17) is 4.74 Å². The van der Waals surface area contributed by atoms with Crippen molar-refractivity contribution in [3.8, 4) is 0 Å². The van der Waals surface area contributed by atoms with Crippen LogP contribution >= 0.6 is 0 Å². The Morgan fingerprint density at radius 3 is 2.56 bits per heavy atom. The summed E-state index contributed by atoms with van der Waals surface area (Å²) in [7, 11) is 0. The molecule has 4 atom stereocenters. The molecular formula is C26H29NO5. The van der Waals surface area contributed by atoms with Gasteiger partial charge in [0.2, 0.25) is 0 Å². The molecule has 0 bridgehead atoms. The number of non-ortho nitro benzene ring substituents is 1. The fourth-order valence-electron chi connectivity index (χ4n) is 5.52. The Morgan fingerprint density at radius 1 is 1.22 bits per heavy atom. The van der Waals surface area contributed by atoms with Gasteiger partial charge in [-0.05, 0) is 74.6 Å². The number of ketones is 1. The molecule has 1 aromatic carbocycles. The van der Waals surface area contributed by atoms with Crippen LogP contribution in [0.5, 0.6) is 0 Å². The largest absolute Gasteiger partial charge is 0.454 e. The van der Waals surface area contributed by atoms with Crippen LogP contribution in [0.2, 0.25) is 0 Å². The quantitative estimate of drug-likeness (QED) is 0.262. The van der Waals surface area contributed by atoms with Gasteiger partial charge in [0.1, 0.15) is 6.10 Å². The lowest BCUT2D eigenvalue weighted by Gasteiger charge is -2.50. The SMILES string of the molecule is CC1=CC[C@]2(C)C3=C(C(=O)/C=C(/C)CC[C@@H]13)[C@H](OC(=O)c1ccc([N+](=O)[O-])cc1)C[C@H]2C. The Bertz CT molecular complexity index is 1080. The first-order valence-corrected chi connectivity index (χ1v) is 11.2. The van der Waals surface area contributed by atoms with Crippen LogP contribution in [0.15, 0.2) is 58.7 Å². The Balaban J connectivity index is 1.76. The first-order chi connectivity index (χ1) is 15.1. The number of hydrogen-bond donors (Lipinski definition) is 0. The van der Waals surface area contributed by atoms with Gasteiger partial charge in [-0.3, -0.25) is 14.9 Å². The van der Waals surface area contributed by atoms with Gasteiger partial charge in [0.05, 0.1) is 10.5 Å². The molecule has 0 aliphatic heterocycles. The van der Waals surface area contributed by atoms with Crippen molar-refractivity contribution in [2.45, 2.75) is 59.5 Å². The Labute approximate surface area is 188 Å². The molecule has 0 radical (unpaired) electrons. The topological polar surface area (TPSA) is 86.5 Å². The van der Waals surface area contributed by atoms with Gasteiger partial charge in [-0.2, -0.15) is 0 Å². The smallest absolute Gasteiger partial charge is 0.338 e. The molecule has 0 amide bonds. The molecule has 3 aliphatic carbocycles. The molecule has 0 heterocycles. The van der Waals surface area contributed by atoms with E-state index in [1.807, 2.05) is 6.92 Å². The molecule has 0 saturated carbocycles. The lowest BCUT2D eigenvalue weighted by molar-refractivity contribution is -0.384. The number of ether oxygens (including phenoxy) is 1. The van der Waals surface area contributed by atoms with E-state index in [-0.39, 0.29) is 34.3 Å². The van der Waals surface area contributed by atoms with E-state index in [0.29, 0.717) is 12.0 Å². The molecule has 4 rings (SSSR count). The Kier molecular flexibility index (Phi) is 5.65.